The lowest BCUT2D eigenvalue weighted by Crippen LogP contribution is -1.97. The summed E-state index contributed by atoms with van der Waals surface area (Å²) in [7, 11) is 0. The number of carbonyl (C=O) groups excluding carboxylic acids is 1. The number of hydrogen-bond acceptors (Lipinski definition) is 3. The van der Waals surface area contributed by atoms with Gasteiger partial charge in [0, 0.05) is 17.8 Å². The van der Waals surface area contributed by atoms with Crippen LogP contribution in [0.25, 0.3) is 0 Å². The van der Waals surface area contributed by atoms with Gasteiger partial charge in [0.25, 0.3) is 0 Å². The molecule has 0 rings (SSSR count). The van der Waals surface area contributed by atoms with Crippen molar-refractivity contribution < 1.29 is 9.72 Å². The first kappa shape index (κ1) is 22.0. The van der Waals surface area contributed by atoms with Crippen molar-refractivity contribution in [2.75, 3.05) is 6.54 Å². The molecule has 0 heterocycles. The SMILES string of the molecule is O=CCCCCCCC=CCC=CCC=CCC=CCC[N+](=O)[O-]. The second-order valence-corrected chi connectivity index (χ2v) is 5.60. The molecule has 0 aromatic heterocycles. The summed E-state index contributed by atoms with van der Waals surface area (Å²) in [5.41, 5.74) is 0. The van der Waals surface area contributed by atoms with Crippen LogP contribution in [0.3, 0.4) is 0 Å². The molecule has 0 aliphatic carbocycles. The molecule has 134 valence electrons. The number of carbonyl (C=O) groups is 1. The standard InChI is InChI=1S/C20H31NO3/c22-20-18-16-14-12-10-8-6-4-2-1-3-5-7-9-11-13-15-17-19-21(23)24/h1,3-4,6-7,9,13,15,20H,2,5,8,10-12,14,16-19H2. The maximum absolute atomic E-state index is 10.2. The zero-order valence-corrected chi connectivity index (χ0v) is 14.6. The van der Waals surface area contributed by atoms with Gasteiger partial charge in [-0.25, -0.2) is 0 Å². The lowest BCUT2D eigenvalue weighted by atomic mass is 10.1. The highest BCUT2D eigenvalue weighted by Crippen LogP contribution is 2.05. The van der Waals surface area contributed by atoms with Crippen LogP contribution < -0.4 is 0 Å². The third kappa shape index (κ3) is 20.0. The number of nitro groups is 1. The molecule has 0 aromatic rings. The van der Waals surface area contributed by atoms with Crippen LogP contribution in [0.15, 0.2) is 48.6 Å². The van der Waals surface area contributed by atoms with Crippen molar-refractivity contribution >= 4 is 6.29 Å². The second-order valence-electron chi connectivity index (χ2n) is 5.60. The minimum atomic E-state index is -0.296. The number of aldehydes is 1. The van der Waals surface area contributed by atoms with Crippen LogP contribution in [-0.2, 0) is 4.79 Å². The van der Waals surface area contributed by atoms with Gasteiger partial charge in [-0.05, 0) is 38.5 Å². The summed E-state index contributed by atoms with van der Waals surface area (Å²) in [5.74, 6) is 0. The van der Waals surface area contributed by atoms with Crippen molar-refractivity contribution in [3.63, 3.8) is 0 Å². The molecule has 4 heteroatoms. The lowest BCUT2D eigenvalue weighted by Gasteiger charge is -1.95. The van der Waals surface area contributed by atoms with Crippen molar-refractivity contribution in [1.29, 1.82) is 0 Å². The van der Waals surface area contributed by atoms with E-state index < -0.39 is 0 Å². The van der Waals surface area contributed by atoms with E-state index in [4.69, 9.17) is 0 Å². The summed E-state index contributed by atoms with van der Waals surface area (Å²) in [6.45, 7) is 0.0106. The van der Waals surface area contributed by atoms with Crippen LogP contribution in [-0.4, -0.2) is 17.8 Å². The molecule has 0 saturated carbocycles. The molecule has 0 amide bonds. The smallest absolute Gasteiger partial charge is 0.207 e. The van der Waals surface area contributed by atoms with E-state index in [0.29, 0.717) is 12.8 Å². The van der Waals surface area contributed by atoms with E-state index in [1.54, 1.807) is 0 Å². The Morgan fingerprint density at radius 2 is 1.08 bits per heavy atom. The predicted octanol–water partition coefficient (Wildman–Crippen LogP) is 5.59. The molecular weight excluding hydrogens is 302 g/mol. The molecule has 0 atom stereocenters. The molecule has 0 unspecified atom stereocenters. The molecule has 24 heavy (non-hydrogen) atoms. The maximum atomic E-state index is 10.2. The van der Waals surface area contributed by atoms with Gasteiger partial charge in [-0.15, -0.1) is 0 Å². The Morgan fingerprint density at radius 1 is 0.625 bits per heavy atom. The third-order valence-electron chi connectivity index (χ3n) is 3.40. The highest BCUT2D eigenvalue weighted by Gasteiger charge is 1.90. The topological polar surface area (TPSA) is 60.2 Å². The van der Waals surface area contributed by atoms with Crippen molar-refractivity contribution in [3.05, 3.63) is 58.7 Å². The highest BCUT2D eigenvalue weighted by molar-refractivity contribution is 5.48. The zero-order chi connectivity index (χ0) is 17.7. The van der Waals surface area contributed by atoms with Gasteiger partial charge in [0.2, 0.25) is 6.54 Å². The fourth-order valence-corrected chi connectivity index (χ4v) is 2.07. The summed E-state index contributed by atoms with van der Waals surface area (Å²) in [6, 6.07) is 0. The Kier molecular flexibility index (Phi) is 17.5. The van der Waals surface area contributed by atoms with Crippen molar-refractivity contribution in [3.8, 4) is 0 Å². The number of rotatable bonds is 16. The third-order valence-corrected chi connectivity index (χ3v) is 3.40. The van der Waals surface area contributed by atoms with Gasteiger partial charge >= 0.3 is 0 Å². The Balaban J connectivity index is 3.39. The van der Waals surface area contributed by atoms with Crippen LogP contribution in [0.1, 0.15) is 64.2 Å². The van der Waals surface area contributed by atoms with Gasteiger partial charge in [-0.3, -0.25) is 10.1 Å². The molecule has 0 fully saturated rings. The van der Waals surface area contributed by atoms with Crippen molar-refractivity contribution in [2.24, 2.45) is 0 Å². The van der Waals surface area contributed by atoms with Gasteiger partial charge in [0.1, 0.15) is 6.29 Å². The van der Waals surface area contributed by atoms with Crippen molar-refractivity contribution in [2.45, 2.75) is 64.2 Å². The second kappa shape index (κ2) is 19.1. The molecule has 0 saturated heterocycles. The van der Waals surface area contributed by atoms with Crippen LogP contribution >= 0.6 is 0 Å². The first-order valence-corrected chi connectivity index (χ1v) is 8.92. The molecular formula is C20H31NO3. The number of nitrogens with zero attached hydrogens (tertiary/aromatic N) is 1. The van der Waals surface area contributed by atoms with Gasteiger partial charge in [-0.2, -0.15) is 0 Å². The number of hydrogen-bond donors (Lipinski definition) is 0. The summed E-state index contributed by atoms with van der Waals surface area (Å²) < 4.78 is 0. The van der Waals surface area contributed by atoms with E-state index >= 15 is 0 Å². The normalized spacial score (nSPS) is 12.2. The quantitative estimate of drug-likeness (QED) is 0.122. The summed E-state index contributed by atoms with van der Waals surface area (Å²) in [6.07, 6.45) is 27.4. The fraction of sp³-hybridized carbons (Fsp3) is 0.550. The Morgan fingerprint density at radius 3 is 1.58 bits per heavy atom. The van der Waals surface area contributed by atoms with Crippen LogP contribution in [0.2, 0.25) is 0 Å². The minimum Gasteiger partial charge on any atom is -0.303 e. The minimum absolute atomic E-state index is 0.0106. The average Bonchev–Trinajstić information content (AvgIpc) is 2.56. The molecule has 0 spiro atoms. The predicted molar refractivity (Wildman–Crippen MR) is 101 cm³/mol. The average molecular weight is 333 g/mol. The molecule has 0 aliphatic heterocycles. The molecule has 0 aromatic carbocycles. The van der Waals surface area contributed by atoms with Gasteiger partial charge in [0.05, 0.1) is 0 Å². The van der Waals surface area contributed by atoms with E-state index in [-0.39, 0.29) is 11.5 Å². The summed E-state index contributed by atoms with van der Waals surface area (Å²) in [4.78, 5) is 20.0. The Hall–Kier alpha value is -1.97. The fourth-order valence-electron chi connectivity index (χ4n) is 2.07. The summed E-state index contributed by atoms with van der Waals surface area (Å²) >= 11 is 0. The van der Waals surface area contributed by atoms with E-state index in [9.17, 15) is 14.9 Å². The van der Waals surface area contributed by atoms with Gasteiger partial charge in [0.15, 0.2) is 0 Å². The summed E-state index contributed by atoms with van der Waals surface area (Å²) in [5, 5.41) is 10.1. The molecule has 0 N–H and O–H groups in total. The van der Waals surface area contributed by atoms with E-state index in [1.807, 2.05) is 12.2 Å². The van der Waals surface area contributed by atoms with E-state index in [2.05, 4.69) is 36.5 Å². The van der Waals surface area contributed by atoms with Crippen LogP contribution in [0.5, 0.6) is 0 Å². The Labute approximate surface area is 146 Å². The van der Waals surface area contributed by atoms with E-state index in [0.717, 1.165) is 44.8 Å². The first-order chi connectivity index (χ1) is 11.8. The van der Waals surface area contributed by atoms with Crippen molar-refractivity contribution in [1.82, 2.24) is 0 Å². The molecule has 0 aliphatic rings. The largest absolute Gasteiger partial charge is 0.303 e. The first-order valence-electron chi connectivity index (χ1n) is 8.92. The zero-order valence-electron chi connectivity index (χ0n) is 14.6. The van der Waals surface area contributed by atoms with Gasteiger partial charge < -0.3 is 4.79 Å². The van der Waals surface area contributed by atoms with Gasteiger partial charge in [-0.1, -0.05) is 61.4 Å². The lowest BCUT2D eigenvalue weighted by molar-refractivity contribution is -0.478. The maximum Gasteiger partial charge on any atom is 0.207 e. The highest BCUT2D eigenvalue weighted by atomic mass is 16.6. The van der Waals surface area contributed by atoms with Crippen LogP contribution in [0.4, 0.5) is 0 Å². The Bertz CT molecular complexity index is 423. The van der Waals surface area contributed by atoms with Crippen LogP contribution in [0, 0.1) is 10.1 Å². The monoisotopic (exact) mass is 333 g/mol. The number of unbranched alkanes of at least 4 members (excludes halogenated alkanes) is 5. The molecule has 0 radical (unpaired) electrons. The molecule has 0 bridgehead atoms. The molecule has 4 nitrogen and oxygen atoms in total. The van der Waals surface area contributed by atoms with E-state index in [1.165, 1.54) is 12.8 Å². The number of allylic oxidation sites excluding steroid dienone is 7.